The number of carbonyl (C=O) groups is 3. The first-order chi connectivity index (χ1) is 15.0. The van der Waals surface area contributed by atoms with Gasteiger partial charge in [-0.05, 0) is 35.7 Å². The molecule has 3 N–H and O–H groups in total. The van der Waals surface area contributed by atoms with E-state index in [2.05, 4.69) is 15.6 Å². The highest BCUT2D eigenvalue weighted by Gasteiger charge is 2.38. The maximum absolute atomic E-state index is 12.6. The highest BCUT2D eigenvalue weighted by atomic mass is 16.5. The first-order valence-corrected chi connectivity index (χ1v) is 10.1. The average Bonchev–Trinajstić information content (AvgIpc) is 3.30. The molecule has 31 heavy (non-hydrogen) atoms. The van der Waals surface area contributed by atoms with Gasteiger partial charge in [-0.3, -0.25) is 14.5 Å². The van der Waals surface area contributed by atoms with Crippen LogP contribution in [0.5, 0.6) is 5.75 Å². The standard InChI is InChI=1S/C23H24N4O4/c1-31-17-8-6-15(7-9-17)14-27-22(29)20(26-23(27)30)12-21(28)24-11-10-16-13-25-19-5-3-2-4-18(16)19/h2-9,13,20,25H,10-12,14H2,1H3,(H,24,28)(H,26,30). The molecular weight excluding hydrogens is 396 g/mol. The molecule has 0 spiro atoms. The quantitative estimate of drug-likeness (QED) is 0.487. The summed E-state index contributed by atoms with van der Waals surface area (Å²) >= 11 is 0. The summed E-state index contributed by atoms with van der Waals surface area (Å²) in [4.78, 5) is 41.5. The van der Waals surface area contributed by atoms with Gasteiger partial charge in [-0.15, -0.1) is 0 Å². The second-order valence-electron chi connectivity index (χ2n) is 7.44. The summed E-state index contributed by atoms with van der Waals surface area (Å²) in [6, 6.07) is 13.8. The Morgan fingerprint density at radius 2 is 1.90 bits per heavy atom. The van der Waals surface area contributed by atoms with E-state index in [0.717, 1.165) is 26.9 Å². The van der Waals surface area contributed by atoms with Crippen molar-refractivity contribution < 1.29 is 19.1 Å². The number of hydrogen-bond acceptors (Lipinski definition) is 4. The number of imide groups is 1. The van der Waals surface area contributed by atoms with E-state index in [1.807, 2.05) is 30.5 Å². The van der Waals surface area contributed by atoms with Crippen molar-refractivity contribution in [2.24, 2.45) is 0 Å². The number of ether oxygens (including phenoxy) is 1. The Hall–Kier alpha value is -3.81. The van der Waals surface area contributed by atoms with Crippen LogP contribution in [0.4, 0.5) is 4.79 Å². The number of benzene rings is 2. The van der Waals surface area contributed by atoms with Crippen LogP contribution in [-0.4, -0.2) is 47.4 Å². The molecule has 1 saturated heterocycles. The van der Waals surface area contributed by atoms with E-state index < -0.39 is 18.0 Å². The molecular formula is C23H24N4O4. The Labute approximate surface area is 179 Å². The summed E-state index contributed by atoms with van der Waals surface area (Å²) in [6.45, 7) is 0.596. The molecule has 1 aromatic heterocycles. The fourth-order valence-corrected chi connectivity index (χ4v) is 3.71. The number of nitrogens with one attached hydrogen (secondary N) is 3. The first-order valence-electron chi connectivity index (χ1n) is 10.1. The number of aromatic amines is 1. The van der Waals surface area contributed by atoms with Gasteiger partial charge in [0.1, 0.15) is 11.8 Å². The fraction of sp³-hybridized carbons (Fsp3) is 0.261. The number of hydrogen-bond donors (Lipinski definition) is 3. The molecule has 1 aliphatic heterocycles. The van der Waals surface area contributed by atoms with E-state index in [1.54, 1.807) is 31.4 Å². The van der Waals surface area contributed by atoms with Crippen molar-refractivity contribution in [3.63, 3.8) is 0 Å². The number of methoxy groups -OCH3 is 1. The lowest BCUT2D eigenvalue weighted by molar-refractivity contribution is -0.131. The minimum absolute atomic E-state index is 0.0857. The molecule has 0 bridgehead atoms. The van der Waals surface area contributed by atoms with Gasteiger partial charge in [0, 0.05) is 23.6 Å². The summed E-state index contributed by atoms with van der Waals surface area (Å²) in [6.07, 6.45) is 2.52. The smallest absolute Gasteiger partial charge is 0.325 e. The molecule has 0 aliphatic carbocycles. The maximum atomic E-state index is 12.6. The Balaban J connectivity index is 1.28. The third-order valence-electron chi connectivity index (χ3n) is 5.39. The van der Waals surface area contributed by atoms with Crippen LogP contribution in [0.25, 0.3) is 10.9 Å². The second-order valence-corrected chi connectivity index (χ2v) is 7.44. The van der Waals surface area contributed by atoms with Crippen molar-refractivity contribution in [2.45, 2.75) is 25.4 Å². The van der Waals surface area contributed by atoms with Gasteiger partial charge in [0.05, 0.1) is 20.1 Å². The molecule has 2 heterocycles. The van der Waals surface area contributed by atoms with Crippen molar-refractivity contribution in [3.05, 3.63) is 65.9 Å². The second kappa shape index (κ2) is 8.91. The highest BCUT2D eigenvalue weighted by Crippen LogP contribution is 2.18. The number of carbonyl (C=O) groups excluding carboxylic acids is 3. The van der Waals surface area contributed by atoms with Crippen LogP contribution in [0.1, 0.15) is 17.5 Å². The third kappa shape index (κ3) is 4.53. The molecule has 3 aromatic rings. The van der Waals surface area contributed by atoms with Gasteiger partial charge in [0.15, 0.2) is 0 Å². The van der Waals surface area contributed by atoms with Crippen molar-refractivity contribution in [1.82, 2.24) is 20.5 Å². The number of fused-ring (bicyclic) bond motifs is 1. The fourth-order valence-electron chi connectivity index (χ4n) is 3.71. The van der Waals surface area contributed by atoms with Gasteiger partial charge < -0.3 is 20.4 Å². The van der Waals surface area contributed by atoms with Crippen molar-refractivity contribution >= 4 is 28.7 Å². The van der Waals surface area contributed by atoms with Crippen LogP contribution in [0.2, 0.25) is 0 Å². The molecule has 1 fully saturated rings. The van der Waals surface area contributed by atoms with Gasteiger partial charge in [0.2, 0.25) is 5.91 Å². The molecule has 4 rings (SSSR count). The monoisotopic (exact) mass is 420 g/mol. The lowest BCUT2D eigenvalue weighted by Crippen LogP contribution is -2.37. The van der Waals surface area contributed by atoms with Gasteiger partial charge in [0.25, 0.3) is 5.91 Å². The summed E-state index contributed by atoms with van der Waals surface area (Å²) < 4.78 is 5.11. The zero-order valence-corrected chi connectivity index (χ0v) is 17.2. The third-order valence-corrected chi connectivity index (χ3v) is 5.39. The first kappa shape index (κ1) is 20.5. The highest BCUT2D eigenvalue weighted by molar-refractivity contribution is 6.05. The number of para-hydroxylation sites is 1. The van der Waals surface area contributed by atoms with Gasteiger partial charge in [-0.2, -0.15) is 0 Å². The number of rotatable bonds is 8. The SMILES string of the molecule is COc1ccc(CN2C(=O)NC(CC(=O)NCCc3c[nH]c4ccccc34)C2=O)cc1. The van der Waals surface area contributed by atoms with E-state index in [-0.39, 0.29) is 18.9 Å². The van der Waals surface area contributed by atoms with Crippen LogP contribution < -0.4 is 15.4 Å². The minimum atomic E-state index is -0.848. The zero-order chi connectivity index (χ0) is 21.8. The molecule has 4 amide bonds. The molecule has 0 radical (unpaired) electrons. The Bertz CT molecular complexity index is 1110. The van der Waals surface area contributed by atoms with E-state index in [0.29, 0.717) is 18.7 Å². The van der Waals surface area contributed by atoms with E-state index >= 15 is 0 Å². The van der Waals surface area contributed by atoms with Gasteiger partial charge in [-0.1, -0.05) is 30.3 Å². The Kier molecular flexibility index (Phi) is 5.88. The number of nitrogens with zero attached hydrogens (tertiary/aromatic N) is 1. The van der Waals surface area contributed by atoms with Gasteiger partial charge in [-0.25, -0.2) is 4.79 Å². The van der Waals surface area contributed by atoms with Gasteiger partial charge >= 0.3 is 6.03 Å². The van der Waals surface area contributed by atoms with Crippen LogP contribution in [-0.2, 0) is 22.6 Å². The normalized spacial score (nSPS) is 15.9. The van der Waals surface area contributed by atoms with E-state index in [9.17, 15) is 14.4 Å². The lowest BCUT2D eigenvalue weighted by Gasteiger charge is -2.13. The number of urea groups is 1. The van der Waals surface area contributed by atoms with Crippen LogP contribution in [0.3, 0.4) is 0 Å². The molecule has 1 unspecified atom stereocenters. The van der Waals surface area contributed by atoms with Crippen molar-refractivity contribution in [2.75, 3.05) is 13.7 Å². The molecule has 0 saturated carbocycles. The molecule has 1 aliphatic rings. The zero-order valence-electron chi connectivity index (χ0n) is 17.2. The molecule has 1 atom stereocenters. The maximum Gasteiger partial charge on any atom is 0.325 e. The molecule has 8 nitrogen and oxygen atoms in total. The van der Waals surface area contributed by atoms with Crippen molar-refractivity contribution in [1.29, 1.82) is 0 Å². The molecule has 160 valence electrons. The Morgan fingerprint density at radius 3 is 2.68 bits per heavy atom. The topological polar surface area (TPSA) is 104 Å². The summed E-state index contributed by atoms with van der Waals surface area (Å²) in [7, 11) is 1.57. The van der Waals surface area contributed by atoms with Crippen LogP contribution in [0.15, 0.2) is 54.7 Å². The molecule has 2 aromatic carbocycles. The van der Waals surface area contributed by atoms with Crippen LogP contribution in [0, 0.1) is 0 Å². The predicted molar refractivity (Wildman–Crippen MR) is 115 cm³/mol. The number of amides is 4. The lowest BCUT2D eigenvalue weighted by atomic mass is 10.1. The van der Waals surface area contributed by atoms with E-state index in [1.165, 1.54) is 0 Å². The number of H-pyrrole nitrogens is 1. The number of aromatic nitrogens is 1. The Morgan fingerprint density at radius 1 is 1.13 bits per heavy atom. The predicted octanol–water partition coefficient (Wildman–Crippen LogP) is 2.35. The largest absolute Gasteiger partial charge is 0.497 e. The minimum Gasteiger partial charge on any atom is -0.497 e. The molecule has 8 heteroatoms. The average molecular weight is 420 g/mol. The summed E-state index contributed by atoms with van der Waals surface area (Å²) in [5.74, 6) is 0.0283. The van der Waals surface area contributed by atoms with Crippen LogP contribution >= 0.6 is 0 Å². The van der Waals surface area contributed by atoms with Crippen molar-refractivity contribution in [3.8, 4) is 5.75 Å². The summed E-state index contributed by atoms with van der Waals surface area (Å²) in [5, 5.41) is 6.57. The summed E-state index contributed by atoms with van der Waals surface area (Å²) in [5.41, 5.74) is 2.97. The van der Waals surface area contributed by atoms with E-state index in [4.69, 9.17) is 4.74 Å².